The van der Waals surface area contributed by atoms with Crippen LogP contribution in [0, 0.1) is 0 Å². The lowest BCUT2D eigenvalue weighted by Crippen LogP contribution is -2.07. The average Bonchev–Trinajstić information content (AvgIpc) is 3.07. The normalized spacial score (nSPS) is 11.7. The first kappa shape index (κ1) is 23.4. The van der Waals surface area contributed by atoms with Gasteiger partial charge < -0.3 is 4.57 Å². The van der Waals surface area contributed by atoms with Crippen molar-refractivity contribution in [3.8, 4) is 0 Å². The fourth-order valence-corrected chi connectivity index (χ4v) is 3.86. The van der Waals surface area contributed by atoms with Crippen molar-refractivity contribution in [3.05, 3.63) is 42.2 Å². The molecule has 0 aliphatic rings. The zero-order valence-electron chi connectivity index (χ0n) is 18.7. The van der Waals surface area contributed by atoms with Crippen LogP contribution in [0.15, 0.2) is 36.4 Å². The molecule has 0 radical (unpaired) electrons. The minimum atomic E-state index is 0.168. The number of benzene rings is 1. The average molecular weight is 397 g/mol. The van der Waals surface area contributed by atoms with Gasteiger partial charge in [0.15, 0.2) is 11.6 Å². The number of imidazole rings is 1. The number of unbranched alkanes of at least 4 members (excludes halogenated alkanes) is 11. The Morgan fingerprint density at radius 3 is 2.10 bits per heavy atom. The van der Waals surface area contributed by atoms with E-state index in [4.69, 9.17) is 0 Å². The van der Waals surface area contributed by atoms with Crippen molar-refractivity contribution >= 4 is 16.8 Å². The van der Waals surface area contributed by atoms with E-state index in [1.165, 1.54) is 70.6 Å². The first-order valence-electron chi connectivity index (χ1n) is 11.8. The molecule has 1 aromatic heterocycles. The summed E-state index contributed by atoms with van der Waals surface area (Å²) in [6.45, 7) is 2.27. The van der Waals surface area contributed by atoms with Gasteiger partial charge in [-0.3, -0.25) is 4.79 Å². The van der Waals surface area contributed by atoms with E-state index in [1.54, 1.807) is 0 Å². The molecule has 29 heavy (non-hydrogen) atoms. The largest absolute Gasteiger partial charge is 0.325 e. The van der Waals surface area contributed by atoms with Crippen molar-refractivity contribution in [2.24, 2.45) is 7.05 Å². The van der Waals surface area contributed by atoms with Gasteiger partial charge in [-0.15, -0.1) is 0 Å². The summed E-state index contributed by atoms with van der Waals surface area (Å²) in [6, 6.07) is 7.94. The third-order valence-corrected chi connectivity index (χ3v) is 5.70. The van der Waals surface area contributed by atoms with Gasteiger partial charge in [0.1, 0.15) is 0 Å². The Kier molecular flexibility index (Phi) is 11.4. The number of rotatable bonds is 16. The van der Waals surface area contributed by atoms with Crippen LogP contribution in [-0.2, 0) is 7.05 Å². The number of hydrogen-bond acceptors (Lipinski definition) is 2. The van der Waals surface area contributed by atoms with Gasteiger partial charge in [0.25, 0.3) is 0 Å². The monoisotopic (exact) mass is 396 g/mol. The number of aryl methyl sites for hydroxylation is 1. The second-order valence-electron chi connectivity index (χ2n) is 8.24. The Labute approximate surface area is 177 Å². The van der Waals surface area contributed by atoms with Crippen LogP contribution in [0.3, 0.4) is 0 Å². The quantitative estimate of drug-likeness (QED) is 0.165. The maximum absolute atomic E-state index is 12.5. The molecule has 160 valence electrons. The molecule has 0 bridgehead atoms. The van der Waals surface area contributed by atoms with Crippen LogP contribution in [0.5, 0.6) is 0 Å². The van der Waals surface area contributed by atoms with Crippen LogP contribution >= 0.6 is 0 Å². The van der Waals surface area contributed by atoms with E-state index in [-0.39, 0.29) is 5.78 Å². The summed E-state index contributed by atoms with van der Waals surface area (Å²) < 4.78 is 1.93. The van der Waals surface area contributed by atoms with Crippen molar-refractivity contribution in [2.75, 3.05) is 0 Å². The summed E-state index contributed by atoms with van der Waals surface area (Å²) in [6.07, 6.45) is 21.9. The van der Waals surface area contributed by atoms with Crippen LogP contribution < -0.4 is 0 Å². The number of allylic oxidation sites excluding steroid dienone is 2. The molecule has 0 aliphatic heterocycles. The molecular formula is C26H40N2O. The van der Waals surface area contributed by atoms with E-state index in [2.05, 4.69) is 24.1 Å². The SMILES string of the molecule is CCCCCCCC/C=C\CCCCCCCC(=O)c1nc2ccccc2n1C. The van der Waals surface area contributed by atoms with E-state index in [0.717, 1.165) is 23.9 Å². The van der Waals surface area contributed by atoms with Gasteiger partial charge in [-0.25, -0.2) is 4.98 Å². The van der Waals surface area contributed by atoms with Gasteiger partial charge in [-0.2, -0.15) is 0 Å². The highest BCUT2D eigenvalue weighted by Gasteiger charge is 2.14. The summed E-state index contributed by atoms with van der Waals surface area (Å²) in [5.74, 6) is 0.767. The van der Waals surface area contributed by atoms with E-state index >= 15 is 0 Å². The van der Waals surface area contributed by atoms with Crippen molar-refractivity contribution < 1.29 is 4.79 Å². The molecule has 2 aromatic rings. The summed E-state index contributed by atoms with van der Waals surface area (Å²) in [5.41, 5.74) is 1.93. The summed E-state index contributed by atoms with van der Waals surface area (Å²) in [5, 5.41) is 0. The molecule has 0 spiro atoms. The third-order valence-electron chi connectivity index (χ3n) is 5.70. The number of carbonyl (C=O) groups excluding carboxylic acids is 1. The molecule has 0 aliphatic carbocycles. The van der Waals surface area contributed by atoms with Gasteiger partial charge in [0.05, 0.1) is 11.0 Å². The molecule has 0 saturated carbocycles. The maximum Gasteiger partial charge on any atom is 0.198 e. The summed E-state index contributed by atoms with van der Waals surface area (Å²) in [4.78, 5) is 17.0. The van der Waals surface area contributed by atoms with Gasteiger partial charge in [0, 0.05) is 13.5 Å². The van der Waals surface area contributed by atoms with Gasteiger partial charge in [0.2, 0.25) is 0 Å². The van der Waals surface area contributed by atoms with E-state index in [1.807, 2.05) is 35.9 Å². The zero-order chi connectivity index (χ0) is 20.7. The predicted octanol–water partition coefficient (Wildman–Crippen LogP) is 7.79. The predicted molar refractivity (Wildman–Crippen MR) is 124 cm³/mol. The third kappa shape index (κ3) is 8.55. The van der Waals surface area contributed by atoms with Crippen LogP contribution in [0.4, 0.5) is 0 Å². The zero-order valence-corrected chi connectivity index (χ0v) is 18.7. The molecule has 0 atom stereocenters. The lowest BCUT2D eigenvalue weighted by atomic mass is 10.1. The van der Waals surface area contributed by atoms with E-state index < -0.39 is 0 Å². The molecule has 0 N–H and O–H groups in total. The van der Waals surface area contributed by atoms with Crippen molar-refractivity contribution in [1.29, 1.82) is 0 Å². The van der Waals surface area contributed by atoms with Crippen molar-refractivity contribution in [1.82, 2.24) is 9.55 Å². The van der Waals surface area contributed by atoms with Crippen molar-refractivity contribution in [2.45, 2.75) is 96.8 Å². The Balaban J connectivity index is 1.47. The van der Waals surface area contributed by atoms with E-state index in [9.17, 15) is 4.79 Å². The summed E-state index contributed by atoms with van der Waals surface area (Å²) in [7, 11) is 1.93. The maximum atomic E-state index is 12.5. The molecule has 0 saturated heterocycles. The number of ketones is 1. The topological polar surface area (TPSA) is 34.9 Å². The number of para-hydroxylation sites is 2. The fourth-order valence-electron chi connectivity index (χ4n) is 3.86. The molecule has 1 heterocycles. The van der Waals surface area contributed by atoms with Crippen LogP contribution in [-0.4, -0.2) is 15.3 Å². The fraction of sp³-hybridized carbons (Fsp3) is 0.615. The molecule has 3 heteroatoms. The molecule has 3 nitrogen and oxygen atoms in total. The first-order valence-corrected chi connectivity index (χ1v) is 11.8. The number of carbonyl (C=O) groups is 1. The lowest BCUT2D eigenvalue weighted by molar-refractivity contribution is 0.0966. The molecule has 0 fully saturated rings. The van der Waals surface area contributed by atoms with Crippen LogP contribution in [0.25, 0.3) is 11.0 Å². The number of nitrogens with zero attached hydrogens (tertiary/aromatic N) is 2. The highest BCUT2D eigenvalue weighted by molar-refractivity contribution is 5.96. The number of Topliss-reactive ketones (excluding diaryl/α,β-unsaturated/α-hetero) is 1. The minimum absolute atomic E-state index is 0.168. The number of fused-ring (bicyclic) bond motifs is 1. The standard InChI is InChI=1S/C26H40N2O/c1-3-4-5-6-7-8-9-10-11-12-13-14-15-16-17-22-25(29)26-27-23-20-18-19-21-24(23)28(26)2/h10-11,18-21H,3-9,12-17,22H2,1-2H3/b11-10-. The van der Waals surface area contributed by atoms with Gasteiger partial charge >= 0.3 is 0 Å². The number of hydrogen-bond donors (Lipinski definition) is 0. The van der Waals surface area contributed by atoms with Crippen LogP contribution in [0.1, 0.15) is 107 Å². The minimum Gasteiger partial charge on any atom is -0.325 e. The summed E-state index contributed by atoms with van der Waals surface area (Å²) >= 11 is 0. The van der Waals surface area contributed by atoms with Crippen LogP contribution in [0.2, 0.25) is 0 Å². The Bertz CT molecular complexity index is 744. The van der Waals surface area contributed by atoms with Gasteiger partial charge in [-0.1, -0.05) is 82.6 Å². The highest BCUT2D eigenvalue weighted by atomic mass is 16.1. The molecular weight excluding hydrogens is 356 g/mol. The molecule has 1 aromatic carbocycles. The molecule has 0 amide bonds. The lowest BCUT2D eigenvalue weighted by Gasteiger charge is -2.02. The van der Waals surface area contributed by atoms with Crippen molar-refractivity contribution in [3.63, 3.8) is 0 Å². The van der Waals surface area contributed by atoms with E-state index in [0.29, 0.717) is 12.2 Å². The molecule has 0 unspecified atom stereocenters. The second kappa shape index (κ2) is 14.1. The smallest absolute Gasteiger partial charge is 0.198 e. The second-order valence-corrected chi connectivity index (χ2v) is 8.24. The Morgan fingerprint density at radius 1 is 0.862 bits per heavy atom. The first-order chi connectivity index (χ1) is 14.2. The molecule has 2 rings (SSSR count). The number of aromatic nitrogens is 2. The Morgan fingerprint density at radius 2 is 1.45 bits per heavy atom. The van der Waals surface area contributed by atoms with Gasteiger partial charge in [-0.05, 0) is 44.2 Å². The highest BCUT2D eigenvalue weighted by Crippen LogP contribution is 2.17. The Hall–Kier alpha value is -1.90.